The molecule has 3 nitrogen and oxygen atoms in total. The van der Waals surface area contributed by atoms with E-state index in [4.69, 9.17) is 16.3 Å². The van der Waals surface area contributed by atoms with Crippen LogP contribution in [-0.4, -0.2) is 22.3 Å². The molecule has 0 aliphatic carbocycles. The molecule has 1 aromatic heterocycles. The molecule has 0 bridgehead atoms. The predicted molar refractivity (Wildman–Crippen MR) is 60.2 cm³/mol. The quantitative estimate of drug-likeness (QED) is 0.863. The summed E-state index contributed by atoms with van der Waals surface area (Å²) in [6.07, 6.45) is 3.11. The van der Waals surface area contributed by atoms with E-state index >= 15 is 0 Å². The van der Waals surface area contributed by atoms with E-state index in [1.165, 1.54) is 6.20 Å². The fourth-order valence-electron chi connectivity index (χ4n) is 0.867. The van der Waals surface area contributed by atoms with Gasteiger partial charge in [-0.05, 0) is 12.8 Å². The van der Waals surface area contributed by atoms with Gasteiger partial charge in [-0.15, -0.1) is 0 Å². The monoisotopic (exact) mass is 229 g/mol. The number of pyridine rings is 1. The second-order valence-corrected chi connectivity index (χ2v) is 4.58. The van der Waals surface area contributed by atoms with Crippen LogP contribution in [0, 0.1) is 5.92 Å². The Morgan fingerprint density at radius 1 is 1.53 bits per heavy atom. The van der Waals surface area contributed by atoms with Gasteiger partial charge in [0.2, 0.25) is 0 Å². The summed E-state index contributed by atoms with van der Waals surface area (Å²) in [4.78, 5) is 3.89. The second kappa shape index (κ2) is 4.81. The average molecular weight is 230 g/mol. The highest BCUT2D eigenvalue weighted by atomic mass is 35.5. The van der Waals surface area contributed by atoms with Gasteiger partial charge in [-0.25, -0.2) is 0 Å². The minimum Gasteiger partial charge on any atom is -0.489 e. The third-order valence-corrected chi connectivity index (χ3v) is 2.66. The van der Waals surface area contributed by atoms with Crippen molar-refractivity contribution < 1.29 is 9.84 Å². The first-order valence-electron chi connectivity index (χ1n) is 4.87. The molecule has 1 N–H and O–H groups in total. The summed E-state index contributed by atoms with van der Waals surface area (Å²) < 4.78 is 5.42. The highest BCUT2D eigenvalue weighted by molar-refractivity contribution is 6.30. The first kappa shape index (κ1) is 12.3. The van der Waals surface area contributed by atoms with E-state index in [1.54, 1.807) is 19.2 Å². The fourth-order valence-corrected chi connectivity index (χ4v) is 1.03. The normalized spacial score (nSPS) is 15.1. The van der Waals surface area contributed by atoms with Crippen molar-refractivity contribution in [2.45, 2.75) is 26.4 Å². The van der Waals surface area contributed by atoms with Gasteiger partial charge in [0.25, 0.3) is 0 Å². The summed E-state index contributed by atoms with van der Waals surface area (Å²) in [5.74, 6) is 0.702. The molecule has 15 heavy (non-hydrogen) atoms. The first-order valence-corrected chi connectivity index (χ1v) is 5.25. The van der Waals surface area contributed by atoms with E-state index in [1.807, 2.05) is 13.8 Å². The third kappa shape index (κ3) is 3.68. The second-order valence-electron chi connectivity index (χ2n) is 4.14. The SMILES string of the molecule is CC(C)C(C)(O)COc1cncc(Cl)c1. The van der Waals surface area contributed by atoms with E-state index in [9.17, 15) is 5.11 Å². The molecule has 4 heteroatoms. The summed E-state index contributed by atoms with van der Waals surface area (Å²) in [5, 5.41) is 10.5. The van der Waals surface area contributed by atoms with Gasteiger partial charge < -0.3 is 9.84 Å². The molecule has 1 rings (SSSR count). The molecule has 1 unspecified atom stereocenters. The maximum Gasteiger partial charge on any atom is 0.139 e. The molecule has 0 amide bonds. The maximum absolute atomic E-state index is 9.94. The van der Waals surface area contributed by atoms with Gasteiger partial charge in [0, 0.05) is 12.3 Å². The maximum atomic E-state index is 9.94. The zero-order valence-corrected chi connectivity index (χ0v) is 9.95. The Morgan fingerprint density at radius 2 is 2.20 bits per heavy atom. The van der Waals surface area contributed by atoms with Crippen molar-refractivity contribution in [1.29, 1.82) is 0 Å². The van der Waals surface area contributed by atoms with Crippen LogP contribution in [0.1, 0.15) is 20.8 Å². The Morgan fingerprint density at radius 3 is 2.73 bits per heavy atom. The highest BCUT2D eigenvalue weighted by Gasteiger charge is 2.25. The molecule has 0 fully saturated rings. The molecule has 0 saturated carbocycles. The number of hydrogen-bond acceptors (Lipinski definition) is 3. The molecule has 1 heterocycles. The van der Waals surface area contributed by atoms with Gasteiger partial charge >= 0.3 is 0 Å². The molecule has 0 saturated heterocycles. The van der Waals surface area contributed by atoms with E-state index in [-0.39, 0.29) is 12.5 Å². The van der Waals surface area contributed by atoms with Crippen LogP contribution < -0.4 is 4.74 Å². The van der Waals surface area contributed by atoms with E-state index in [0.717, 1.165) is 0 Å². The van der Waals surface area contributed by atoms with Gasteiger partial charge in [0.1, 0.15) is 12.4 Å². The Labute approximate surface area is 95.1 Å². The zero-order valence-electron chi connectivity index (χ0n) is 9.20. The molecular weight excluding hydrogens is 214 g/mol. The number of ether oxygens (including phenoxy) is 1. The minimum atomic E-state index is -0.845. The summed E-state index contributed by atoms with van der Waals surface area (Å²) in [6, 6.07) is 1.67. The summed E-state index contributed by atoms with van der Waals surface area (Å²) in [5.41, 5.74) is -0.845. The van der Waals surface area contributed by atoms with Crippen LogP contribution in [0.4, 0.5) is 0 Å². The molecule has 1 atom stereocenters. The smallest absolute Gasteiger partial charge is 0.139 e. The predicted octanol–water partition coefficient (Wildman–Crippen LogP) is 2.52. The van der Waals surface area contributed by atoms with Crippen LogP contribution >= 0.6 is 11.6 Å². The zero-order chi connectivity index (χ0) is 11.5. The van der Waals surface area contributed by atoms with E-state index in [2.05, 4.69) is 4.98 Å². The fraction of sp³-hybridized carbons (Fsp3) is 0.545. The number of aliphatic hydroxyl groups is 1. The van der Waals surface area contributed by atoms with Crippen molar-refractivity contribution in [3.05, 3.63) is 23.5 Å². The van der Waals surface area contributed by atoms with Crippen molar-refractivity contribution in [2.75, 3.05) is 6.61 Å². The molecule has 0 aromatic carbocycles. The number of nitrogens with zero attached hydrogens (tertiary/aromatic N) is 1. The Hall–Kier alpha value is -0.800. The lowest BCUT2D eigenvalue weighted by Crippen LogP contribution is -2.37. The van der Waals surface area contributed by atoms with Crippen LogP contribution in [0.15, 0.2) is 18.5 Å². The van der Waals surface area contributed by atoms with Crippen LogP contribution in [0.5, 0.6) is 5.75 Å². The van der Waals surface area contributed by atoms with Crippen molar-refractivity contribution in [2.24, 2.45) is 5.92 Å². The number of aromatic nitrogens is 1. The summed E-state index contributed by atoms with van der Waals surface area (Å²) in [7, 11) is 0. The van der Waals surface area contributed by atoms with Gasteiger partial charge in [-0.1, -0.05) is 25.4 Å². The number of rotatable bonds is 4. The minimum absolute atomic E-state index is 0.129. The van der Waals surface area contributed by atoms with Crippen LogP contribution in [-0.2, 0) is 0 Å². The van der Waals surface area contributed by atoms with E-state index in [0.29, 0.717) is 10.8 Å². The van der Waals surface area contributed by atoms with Crippen LogP contribution in [0.2, 0.25) is 5.02 Å². The molecule has 0 spiro atoms. The Bertz CT molecular complexity index is 326. The van der Waals surface area contributed by atoms with Gasteiger partial charge in [0.15, 0.2) is 0 Å². The van der Waals surface area contributed by atoms with Gasteiger partial charge in [0.05, 0.1) is 16.8 Å². The topological polar surface area (TPSA) is 42.4 Å². The van der Waals surface area contributed by atoms with Crippen molar-refractivity contribution in [3.63, 3.8) is 0 Å². The molecular formula is C11H16ClNO2. The Kier molecular flexibility index (Phi) is 3.94. The molecule has 0 aliphatic rings. The van der Waals surface area contributed by atoms with Crippen molar-refractivity contribution in [3.8, 4) is 5.75 Å². The molecule has 0 radical (unpaired) electrons. The lowest BCUT2D eigenvalue weighted by molar-refractivity contribution is -0.0267. The lowest BCUT2D eigenvalue weighted by Gasteiger charge is -2.27. The number of hydrogen-bond donors (Lipinski definition) is 1. The first-order chi connectivity index (χ1) is 6.92. The van der Waals surface area contributed by atoms with Crippen LogP contribution in [0.3, 0.4) is 0 Å². The van der Waals surface area contributed by atoms with Crippen molar-refractivity contribution in [1.82, 2.24) is 4.98 Å². The largest absolute Gasteiger partial charge is 0.489 e. The van der Waals surface area contributed by atoms with Crippen LogP contribution in [0.25, 0.3) is 0 Å². The number of halogens is 1. The van der Waals surface area contributed by atoms with Gasteiger partial charge in [-0.3, -0.25) is 4.98 Å². The summed E-state index contributed by atoms with van der Waals surface area (Å²) in [6.45, 7) is 5.86. The average Bonchev–Trinajstić information content (AvgIpc) is 2.15. The lowest BCUT2D eigenvalue weighted by atomic mass is 9.94. The summed E-state index contributed by atoms with van der Waals surface area (Å²) >= 11 is 5.75. The van der Waals surface area contributed by atoms with Crippen molar-refractivity contribution >= 4 is 11.6 Å². The third-order valence-electron chi connectivity index (χ3n) is 2.45. The van der Waals surface area contributed by atoms with E-state index < -0.39 is 5.60 Å². The van der Waals surface area contributed by atoms with Gasteiger partial charge in [-0.2, -0.15) is 0 Å². The highest BCUT2D eigenvalue weighted by Crippen LogP contribution is 2.20. The molecule has 1 aromatic rings. The standard InChI is InChI=1S/C11H16ClNO2/c1-8(2)11(3,14)7-15-10-4-9(12)5-13-6-10/h4-6,8,14H,7H2,1-3H3. The Balaban J connectivity index is 2.57. The molecule has 84 valence electrons. The molecule has 0 aliphatic heterocycles.